The molecule has 0 aliphatic rings. The molecule has 25 heavy (non-hydrogen) atoms. The lowest BCUT2D eigenvalue weighted by Gasteiger charge is -2.04. The van der Waals surface area contributed by atoms with Crippen LogP contribution in [-0.4, -0.2) is 22.4 Å². The summed E-state index contributed by atoms with van der Waals surface area (Å²) in [6.45, 7) is 4.88. The number of aromatic nitrogens is 2. The SMILES string of the molecule is CC(C)c1ccc(/C=C\C(=O)NCCc2nc3ccccc3[nH]2)cc1. The van der Waals surface area contributed by atoms with Gasteiger partial charge >= 0.3 is 0 Å². The smallest absolute Gasteiger partial charge is 0.244 e. The highest BCUT2D eigenvalue weighted by atomic mass is 16.1. The van der Waals surface area contributed by atoms with E-state index in [0.717, 1.165) is 22.4 Å². The third-order valence-corrected chi connectivity index (χ3v) is 4.13. The lowest BCUT2D eigenvalue weighted by molar-refractivity contribution is -0.116. The van der Waals surface area contributed by atoms with Crippen molar-refractivity contribution in [2.24, 2.45) is 0 Å². The summed E-state index contributed by atoms with van der Waals surface area (Å²) < 4.78 is 0. The fourth-order valence-corrected chi connectivity index (χ4v) is 2.65. The van der Waals surface area contributed by atoms with Crippen LogP contribution in [0.25, 0.3) is 17.1 Å². The second-order valence-electron chi connectivity index (χ2n) is 6.40. The summed E-state index contributed by atoms with van der Waals surface area (Å²) >= 11 is 0. The zero-order valence-corrected chi connectivity index (χ0v) is 14.6. The Hall–Kier alpha value is -2.88. The number of rotatable bonds is 6. The van der Waals surface area contributed by atoms with Crippen LogP contribution in [0, 0.1) is 0 Å². The first-order valence-electron chi connectivity index (χ1n) is 8.61. The number of H-pyrrole nitrogens is 1. The summed E-state index contributed by atoms with van der Waals surface area (Å²) in [6, 6.07) is 16.2. The Morgan fingerprint density at radius 2 is 1.92 bits per heavy atom. The summed E-state index contributed by atoms with van der Waals surface area (Å²) in [5, 5.41) is 2.89. The van der Waals surface area contributed by atoms with Gasteiger partial charge in [0.25, 0.3) is 0 Å². The van der Waals surface area contributed by atoms with E-state index in [1.54, 1.807) is 6.08 Å². The Morgan fingerprint density at radius 3 is 2.64 bits per heavy atom. The van der Waals surface area contributed by atoms with Crippen molar-refractivity contribution in [3.05, 3.63) is 71.6 Å². The normalized spacial score (nSPS) is 11.5. The highest BCUT2D eigenvalue weighted by Crippen LogP contribution is 2.15. The lowest BCUT2D eigenvalue weighted by Crippen LogP contribution is -2.23. The van der Waals surface area contributed by atoms with Crippen molar-refractivity contribution < 1.29 is 4.79 Å². The summed E-state index contributed by atoms with van der Waals surface area (Å²) in [6.07, 6.45) is 4.08. The number of hydrogen-bond acceptors (Lipinski definition) is 2. The molecule has 0 atom stereocenters. The number of benzene rings is 2. The molecule has 0 saturated carbocycles. The zero-order valence-electron chi connectivity index (χ0n) is 14.6. The fraction of sp³-hybridized carbons (Fsp3) is 0.238. The molecule has 1 aromatic heterocycles. The number of amides is 1. The molecular weight excluding hydrogens is 310 g/mol. The summed E-state index contributed by atoms with van der Waals surface area (Å²) in [5.74, 6) is 1.30. The van der Waals surface area contributed by atoms with E-state index >= 15 is 0 Å². The second-order valence-corrected chi connectivity index (χ2v) is 6.40. The van der Waals surface area contributed by atoms with Crippen LogP contribution in [0.3, 0.4) is 0 Å². The third-order valence-electron chi connectivity index (χ3n) is 4.13. The number of nitrogens with one attached hydrogen (secondary N) is 2. The number of hydrogen-bond donors (Lipinski definition) is 2. The van der Waals surface area contributed by atoms with Crippen molar-refractivity contribution in [1.82, 2.24) is 15.3 Å². The van der Waals surface area contributed by atoms with E-state index in [9.17, 15) is 4.79 Å². The van der Waals surface area contributed by atoms with Gasteiger partial charge in [0.05, 0.1) is 11.0 Å². The predicted molar refractivity (Wildman–Crippen MR) is 102 cm³/mol. The summed E-state index contributed by atoms with van der Waals surface area (Å²) in [4.78, 5) is 19.7. The molecule has 0 aliphatic carbocycles. The topological polar surface area (TPSA) is 57.8 Å². The van der Waals surface area contributed by atoms with Gasteiger partial charge in [-0.3, -0.25) is 4.79 Å². The standard InChI is InChI=1S/C21H23N3O/c1-15(2)17-10-7-16(8-11-17)9-12-21(25)22-14-13-20-23-18-5-3-4-6-19(18)24-20/h3-12,15H,13-14H2,1-2H3,(H,22,25)(H,23,24)/b12-9-. The van der Waals surface area contributed by atoms with Crippen LogP contribution in [0.1, 0.15) is 36.7 Å². The van der Waals surface area contributed by atoms with Crippen molar-refractivity contribution in [3.8, 4) is 0 Å². The Balaban J connectivity index is 1.48. The number of carbonyl (C=O) groups excluding carboxylic acids is 1. The van der Waals surface area contributed by atoms with E-state index in [2.05, 4.69) is 41.3 Å². The molecule has 0 bridgehead atoms. The number of nitrogens with zero attached hydrogens (tertiary/aromatic N) is 1. The first-order valence-corrected chi connectivity index (χ1v) is 8.61. The molecule has 0 saturated heterocycles. The van der Waals surface area contributed by atoms with E-state index in [1.165, 1.54) is 5.56 Å². The molecule has 2 aromatic carbocycles. The maximum absolute atomic E-state index is 11.9. The van der Waals surface area contributed by atoms with Gasteiger partial charge in [-0.25, -0.2) is 4.98 Å². The Morgan fingerprint density at radius 1 is 1.16 bits per heavy atom. The molecule has 3 aromatic rings. The van der Waals surface area contributed by atoms with Gasteiger partial charge in [-0.15, -0.1) is 0 Å². The van der Waals surface area contributed by atoms with Gasteiger partial charge < -0.3 is 10.3 Å². The summed E-state index contributed by atoms with van der Waals surface area (Å²) in [5.41, 5.74) is 4.30. The molecule has 4 heteroatoms. The molecule has 0 unspecified atom stereocenters. The van der Waals surface area contributed by atoms with Crippen LogP contribution in [-0.2, 0) is 11.2 Å². The zero-order chi connectivity index (χ0) is 17.6. The minimum absolute atomic E-state index is 0.0935. The maximum Gasteiger partial charge on any atom is 0.244 e. The van der Waals surface area contributed by atoms with Gasteiger partial charge in [0.15, 0.2) is 0 Å². The van der Waals surface area contributed by atoms with E-state index in [1.807, 2.05) is 42.5 Å². The fourth-order valence-electron chi connectivity index (χ4n) is 2.65. The van der Waals surface area contributed by atoms with Crippen molar-refractivity contribution in [3.63, 3.8) is 0 Å². The predicted octanol–water partition coefficient (Wildman–Crippen LogP) is 4.06. The largest absolute Gasteiger partial charge is 0.352 e. The number of aromatic amines is 1. The van der Waals surface area contributed by atoms with Gasteiger partial charge in [0, 0.05) is 19.0 Å². The maximum atomic E-state index is 11.9. The molecule has 1 amide bonds. The molecule has 2 N–H and O–H groups in total. The Bertz CT molecular complexity index is 843. The van der Waals surface area contributed by atoms with E-state index < -0.39 is 0 Å². The van der Waals surface area contributed by atoms with Gasteiger partial charge in [-0.2, -0.15) is 0 Å². The Labute approximate surface area is 148 Å². The molecule has 0 radical (unpaired) electrons. The van der Waals surface area contributed by atoms with Crippen LogP contribution in [0.5, 0.6) is 0 Å². The van der Waals surface area contributed by atoms with Gasteiger partial charge in [-0.05, 0) is 35.3 Å². The van der Waals surface area contributed by atoms with Crippen molar-refractivity contribution in [2.45, 2.75) is 26.2 Å². The minimum Gasteiger partial charge on any atom is -0.352 e. The quantitative estimate of drug-likeness (QED) is 0.668. The Kier molecular flexibility index (Phi) is 5.29. The lowest BCUT2D eigenvalue weighted by atomic mass is 10.0. The molecular formula is C21H23N3O. The van der Waals surface area contributed by atoms with E-state index in [0.29, 0.717) is 18.9 Å². The van der Waals surface area contributed by atoms with Gasteiger partial charge in [-0.1, -0.05) is 50.2 Å². The van der Waals surface area contributed by atoms with Crippen LogP contribution >= 0.6 is 0 Å². The van der Waals surface area contributed by atoms with Crippen LogP contribution in [0.2, 0.25) is 0 Å². The average molecular weight is 333 g/mol. The number of fused-ring (bicyclic) bond motifs is 1. The molecule has 4 nitrogen and oxygen atoms in total. The average Bonchev–Trinajstić information content (AvgIpc) is 3.03. The first kappa shape index (κ1) is 17.0. The van der Waals surface area contributed by atoms with Crippen LogP contribution in [0.4, 0.5) is 0 Å². The first-order chi connectivity index (χ1) is 12.1. The minimum atomic E-state index is -0.0935. The van der Waals surface area contributed by atoms with Crippen molar-refractivity contribution >= 4 is 23.0 Å². The number of carbonyl (C=O) groups is 1. The van der Waals surface area contributed by atoms with Gasteiger partial charge in [0.2, 0.25) is 5.91 Å². The third kappa shape index (κ3) is 4.57. The molecule has 0 spiro atoms. The second kappa shape index (κ2) is 7.79. The molecule has 1 heterocycles. The highest BCUT2D eigenvalue weighted by Gasteiger charge is 2.02. The van der Waals surface area contributed by atoms with Crippen molar-refractivity contribution in [2.75, 3.05) is 6.54 Å². The molecule has 128 valence electrons. The summed E-state index contributed by atoms with van der Waals surface area (Å²) in [7, 11) is 0. The van der Waals surface area contributed by atoms with E-state index in [4.69, 9.17) is 0 Å². The monoisotopic (exact) mass is 333 g/mol. The van der Waals surface area contributed by atoms with E-state index in [-0.39, 0.29) is 5.91 Å². The van der Waals surface area contributed by atoms with Crippen LogP contribution in [0.15, 0.2) is 54.6 Å². The van der Waals surface area contributed by atoms with Crippen LogP contribution < -0.4 is 5.32 Å². The molecule has 0 aliphatic heterocycles. The number of para-hydroxylation sites is 2. The highest BCUT2D eigenvalue weighted by molar-refractivity contribution is 5.91. The van der Waals surface area contributed by atoms with Crippen molar-refractivity contribution in [1.29, 1.82) is 0 Å². The number of imidazole rings is 1. The molecule has 3 rings (SSSR count). The molecule has 0 fully saturated rings. The van der Waals surface area contributed by atoms with Gasteiger partial charge in [0.1, 0.15) is 5.82 Å².